The van der Waals surface area contributed by atoms with E-state index in [0.29, 0.717) is 12.1 Å². The van der Waals surface area contributed by atoms with Crippen LogP contribution in [0.15, 0.2) is 41.3 Å². The van der Waals surface area contributed by atoms with Gasteiger partial charge in [0.1, 0.15) is 20.4 Å². The predicted molar refractivity (Wildman–Crippen MR) is 119 cm³/mol. The van der Waals surface area contributed by atoms with Crippen LogP contribution in [-0.2, 0) is 35.3 Å². The average molecular weight is 555 g/mol. The van der Waals surface area contributed by atoms with Crippen LogP contribution in [0.3, 0.4) is 0 Å². The normalized spacial score (nSPS) is 24.5. The van der Waals surface area contributed by atoms with Gasteiger partial charge >= 0.3 is 6.18 Å². The fourth-order valence-electron chi connectivity index (χ4n) is 4.98. The Morgan fingerprint density at radius 1 is 1.00 bits per heavy atom. The summed E-state index contributed by atoms with van der Waals surface area (Å²) in [5.74, 6) is -4.30. The van der Waals surface area contributed by atoms with E-state index >= 15 is 4.39 Å². The van der Waals surface area contributed by atoms with Gasteiger partial charge in [0.25, 0.3) is 0 Å². The summed E-state index contributed by atoms with van der Waals surface area (Å²) in [5.41, 5.74) is -1.64. The molecule has 2 aromatic rings. The summed E-state index contributed by atoms with van der Waals surface area (Å²) in [6.45, 7) is 0.793. The molecule has 1 unspecified atom stereocenters. The van der Waals surface area contributed by atoms with E-state index < -0.39 is 82.6 Å². The van der Waals surface area contributed by atoms with Crippen LogP contribution < -0.4 is 4.74 Å². The second-order valence-corrected chi connectivity index (χ2v) is 13.4. The van der Waals surface area contributed by atoms with Crippen molar-refractivity contribution in [1.82, 2.24) is 0 Å². The molecule has 6 nitrogen and oxygen atoms in total. The van der Waals surface area contributed by atoms with Crippen molar-refractivity contribution >= 4 is 19.7 Å². The lowest BCUT2D eigenvalue weighted by molar-refractivity contribution is -0.137. The molecule has 0 N–H and O–H groups in total. The lowest BCUT2D eigenvalue weighted by Crippen LogP contribution is -2.57. The van der Waals surface area contributed by atoms with Crippen LogP contribution in [0, 0.1) is 17.6 Å². The number of benzene rings is 2. The predicted octanol–water partition coefficient (Wildman–Crippen LogP) is 4.28. The maximum Gasteiger partial charge on any atom is 0.416 e. The molecule has 0 bridgehead atoms. The molecule has 36 heavy (non-hydrogen) atoms. The minimum absolute atomic E-state index is 0.124. The summed E-state index contributed by atoms with van der Waals surface area (Å²) >= 11 is 0. The molecule has 13 heteroatoms. The fourth-order valence-corrected chi connectivity index (χ4v) is 8.21. The minimum atomic E-state index is -4.71. The lowest BCUT2D eigenvalue weighted by Gasteiger charge is -2.50. The van der Waals surface area contributed by atoms with Crippen molar-refractivity contribution in [2.75, 3.05) is 24.7 Å². The number of ether oxygens (including phenoxy) is 2. The largest absolute Gasteiger partial charge is 0.490 e. The van der Waals surface area contributed by atoms with Crippen LogP contribution in [0.2, 0.25) is 0 Å². The van der Waals surface area contributed by atoms with Crippen LogP contribution in [0.4, 0.5) is 22.0 Å². The summed E-state index contributed by atoms with van der Waals surface area (Å²) < 4.78 is 131. The molecule has 2 aliphatic heterocycles. The Morgan fingerprint density at radius 3 is 2.25 bits per heavy atom. The highest BCUT2D eigenvalue weighted by Crippen LogP contribution is 2.56. The number of halogens is 5. The Labute approximate surface area is 205 Å². The second-order valence-electron chi connectivity index (χ2n) is 8.75. The van der Waals surface area contributed by atoms with Crippen LogP contribution >= 0.6 is 0 Å². The van der Waals surface area contributed by atoms with Gasteiger partial charge < -0.3 is 9.47 Å². The van der Waals surface area contributed by atoms with Crippen LogP contribution in [-0.4, -0.2) is 47.7 Å². The summed E-state index contributed by atoms with van der Waals surface area (Å²) in [5, 5.41) is 0. The van der Waals surface area contributed by atoms with Gasteiger partial charge in [-0.2, -0.15) is 13.2 Å². The molecule has 0 aromatic heterocycles. The number of rotatable bonds is 6. The zero-order chi connectivity index (χ0) is 26.5. The molecule has 3 atom stereocenters. The standard InChI is InChI=1S/C23H23F5O6S2/c1-2-35(29,30)12-9-19-16-13-34-21-18(25)8-7-17(24)20(21)22(16,10-11-33-19)36(31,32)15-5-3-14(4-6-15)23(26,27)28/h3-8,16,19H,2,9-13H2,1H3/t16?,19-,22-/m0/s1. The van der Waals surface area contributed by atoms with Crippen molar-refractivity contribution in [1.29, 1.82) is 0 Å². The minimum Gasteiger partial charge on any atom is -0.490 e. The number of sulfone groups is 2. The van der Waals surface area contributed by atoms with E-state index in [1.54, 1.807) is 0 Å². The summed E-state index contributed by atoms with van der Waals surface area (Å²) in [6.07, 6.45) is -6.19. The van der Waals surface area contributed by atoms with Gasteiger partial charge in [0.2, 0.25) is 0 Å². The van der Waals surface area contributed by atoms with Gasteiger partial charge in [-0.1, -0.05) is 6.92 Å². The Hall–Kier alpha value is -2.25. The highest BCUT2D eigenvalue weighted by atomic mass is 32.2. The summed E-state index contributed by atoms with van der Waals surface area (Å²) in [4.78, 5) is -0.515. The second kappa shape index (κ2) is 9.25. The molecule has 0 radical (unpaired) electrons. The summed E-state index contributed by atoms with van der Waals surface area (Å²) in [7, 11) is -8.14. The SMILES string of the molecule is CCS(=O)(=O)CC[C@@H]1OCC[C@@]2(S(=O)(=O)c3ccc(C(F)(F)F)cc3)c3c(F)ccc(F)c3OCC12. The van der Waals surface area contributed by atoms with Gasteiger partial charge in [-0.15, -0.1) is 0 Å². The van der Waals surface area contributed by atoms with Gasteiger partial charge in [-0.05, 0) is 49.2 Å². The van der Waals surface area contributed by atoms with Gasteiger partial charge in [0.05, 0.1) is 34.5 Å². The van der Waals surface area contributed by atoms with Crippen molar-refractivity contribution in [3.05, 3.63) is 59.2 Å². The van der Waals surface area contributed by atoms with E-state index in [4.69, 9.17) is 9.47 Å². The van der Waals surface area contributed by atoms with Gasteiger partial charge in [0.15, 0.2) is 21.4 Å². The maximum absolute atomic E-state index is 15.3. The molecule has 0 amide bonds. The molecule has 4 rings (SSSR count). The van der Waals surface area contributed by atoms with Crippen molar-refractivity contribution in [3.8, 4) is 5.75 Å². The Kier molecular flexibility index (Phi) is 6.88. The third kappa shape index (κ3) is 4.38. The van der Waals surface area contributed by atoms with E-state index in [1.807, 2.05) is 0 Å². The smallest absolute Gasteiger partial charge is 0.416 e. The van der Waals surface area contributed by atoms with Crippen LogP contribution in [0.5, 0.6) is 5.75 Å². The zero-order valence-corrected chi connectivity index (χ0v) is 20.7. The highest BCUT2D eigenvalue weighted by molar-refractivity contribution is 7.92. The molecule has 198 valence electrons. The molecular formula is C23H23F5O6S2. The number of alkyl halides is 3. The zero-order valence-electron chi connectivity index (χ0n) is 19.0. The van der Waals surface area contributed by atoms with Crippen molar-refractivity contribution in [2.45, 2.75) is 41.7 Å². The van der Waals surface area contributed by atoms with E-state index in [1.165, 1.54) is 6.92 Å². The molecular weight excluding hydrogens is 531 g/mol. The number of hydrogen-bond donors (Lipinski definition) is 0. The van der Waals surface area contributed by atoms with Crippen LogP contribution in [0.1, 0.15) is 30.9 Å². The molecule has 2 aliphatic rings. The van der Waals surface area contributed by atoms with Crippen molar-refractivity contribution in [2.24, 2.45) is 5.92 Å². The molecule has 0 spiro atoms. The number of fused-ring (bicyclic) bond motifs is 3. The molecule has 1 saturated heterocycles. The lowest BCUT2D eigenvalue weighted by atomic mass is 9.75. The van der Waals surface area contributed by atoms with Gasteiger partial charge in [0, 0.05) is 18.3 Å². The Morgan fingerprint density at radius 2 is 1.64 bits per heavy atom. The first-order valence-electron chi connectivity index (χ1n) is 11.1. The highest BCUT2D eigenvalue weighted by Gasteiger charge is 2.61. The molecule has 2 aromatic carbocycles. The molecule has 1 fully saturated rings. The molecule has 0 saturated carbocycles. The Bertz CT molecular complexity index is 1360. The summed E-state index contributed by atoms with van der Waals surface area (Å²) in [6, 6.07) is 4.31. The topological polar surface area (TPSA) is 86.7 Å². The third-order valence-corrected chi connectivity index (χ3v) is 11.2. The van der Waals surface area contributed by atoms with E-state index in [-0.39, 0.29) is 31.0 Å². The first kappa shape index (κ1) is 26.8. The third-order valence-electron chi connectivity index (χ3n) is 6.87. The van der Waals surface area contributed by atoms with E-state index in [9.17, 15) is 34.4 Å². The molecule has 0 aliphatic carbocycles. The van der Waals surface area contributed by atoms with Crippen LogP contribution in [0.25, 0.3) is 0 Å². The maximum atomic E-state index is 15.3. The average Bonchev–Trinajstić information content (AvgIpc) is 2.83. The van der Waals surface area contributed by atoms with Crippen molar-refractivity contribution in [3.63, 3.8) is 0 Å². The first-order chi connectivity index (χ1) is 16.7. The quantitative estimate of drug-likeness (QED) is 0.496. The monoisotopic (exact) mass is 554 g/mol. The van der Waals surface area contributed by atoms with E-state index in [0.717, 1.165) is 24.3 Å². The van der Waals surface area contributed by atoms with Gasteiger partial charge in [-0.3, -0.25) is 0 Å². The fraction of sp³-hybridized carbons (Fsp3) is 0.478. The van der Waals surface area contributed by atoms with Crippen molar-refractivity contribution < 1.29 is 48.3 Å². The number of hydrogen-bond acceptors (Lipinski definition) is 6. The first-order valence-corrected chi connectivity index (χ1v) is 14.4. The molecule has 2 heterocycles. The van der Waals surface area contributed by atoms with Gasteiger partial charge in [-0.25, -0.2) is 25.6 Å². The Balaban J connectivity index is 1.90. The van der Waals surface area contributed by atoms with E-state index in [2.05, 4.69) is 0 Å².